The molecule has 1 aromatic rings. The zero-order valence-corrected chi connectivity index (χ0v) is 23.0. The lowest BCUT2D eigenvalue weighted by Crippen LogP contribution is -2.49. The average molecular weight is 562 g/mol. The Kier molecular flexibility index (Phi) is 9.10. The molecule has 0 bridgehead atoms. The van der Waals surface area contributed by atoms with E-state index in [2.05, 4.69) is 0 Å². The first-order chi connectivity index (χ1) is 17.1. The van der Waals surface area contributed by atoms with E-state index in [1.807, 2.05) is 13.8 Å². The van der Waals surface area contributed by atoms with Crippen LogP contribution >= 0.6 is 0 Å². The molecule has 0 saturated carbocycles. The summed E-state index contributed by atoms with van der Waals surface area (Å²) < 4.78 is 47.8. The molecule has 2 aliphatic heterocycles. The molecule has 1 saturated heterocycles. The minimum Gasteiger partial charge on any atom is -0.506 e. The molecule has 2 aliphatic rings. The highest BCUT2D eigenvalue weighted by atomic mass is 32.2. The van der Waals surface area contributed by atoms with Gasteiger partial charge in [0.2, 0.25) is 0 Å². The summed E-state index contributed by atoms with van der Waals surface area (Å²) in [6, 6.07) is 0.0206. The van der Waals surface area contributed by atoms with Crippen molar-refractivity contribution < 1.29 is 42.1 Å². The van der Waals surface area contributed by atoms with Crippen molar-refractivity contribution in [2.45, 2.75) is 65.5 Å². The van der Waals surface area contributed by atoms with E-state index in [0.717, 1.165) is 23.8 Å². The zero-order chi connectivity index (χ0) is 27.9. The van der Waals surface area contributed by atoms with Crippen LogP contribution in [0.2, 0.25) is 0 Å². The minimum atomic E-state index is -4.43. The average Bonchev–Trinajstić information content (AvgIpc) is 3.25. The number of anilines is 2. The van der Waals surface area contributed by atoms with Crippen LogP contribution < -0.4 is 20.1 Å². The summed E-state index contributed by atoms with van der Waals surface area (Å²) in [7, 11) is -4.43. The second-order valence-corrected chi connectivity index (χ2v) is 11.8. The molecule has 214 valence electrons. The third-order valence-corrected chi connectivity index (χ3v) is 7.73. The predicted molar refractivity (Wildman–Crippen MR) is 137 cm³/mol. The van der Waals surface area contributed by atoms with E-state index < -0.39 is 63.7 Å². The van der Waals surface area contributed by atoms with E-state index in [9.17, 15) is 33.0 Å². The van der Waals surface area contributed by atoms with Gasteiger partial charge >= 0.3 is 22.4 Å². The quantitative estimate of drug-likeness (QED) is 0.387. The maximum absolute atomic E-state index is 15.7. The first-order valence-corrected chi connectivity index (χ1v) is 13.4. The van der Waals surface area contributed by atoms with E-state index >= 15 is 4.39 Å². The van der Waals surface area contributed by atoms with E-state index in [1.165, 1.54) is 4.90 Å². The monoisotopic (exact) mass is 561 g/mol. The van der Waals surface area contributed by atoms with Crippen LogP contribution in [-0.2, 0) is 26.2 Å². The molecular formula is C23H36FN5O8S. The van der Waals surface area contributed by atoms with Crippen molar-refractivity contribution in [1.82, 2.24) is 15.8 Å². The van der Waals surface area contributed by atoms with Crippen LogP contribution in [0.1, 0.15) is 53.0 Å². The van der Waals surface area contributed by atoms with Crippen LogP contribution in [0.5, 0.6) is 5.75 Å². The lowest BCUT2D eigenvalue weighted by atomic mass is 10.0. The largest absolute Gasteiger partial charge is 0.506 e. The van der Waals surface area contributed by atoms with Gasteiger partial charge in [-0.05, 0) is 26.7 Å². The number of halogens is 1. The summed E-state index contributed by atoms with van der Waals surface area (Å²) in [5.74, 6) is -2.79. The Hall–Kier alpha value is -3.33. The number of carbonyl (C=O) groups excluding carboxylic acids is 2. The highest BCUT2D eigenvalue weighted by Gasteiger charge is 2.43. The standard InChI is InChI=1S/C23H33FN4O8S.H3N/c1-6-13(7-2)10-26(22(33)36-23(3,4)5)11-14-8-15-16(28(14)21(31)32)9-17(29)20(19(15)24)27-12-18(30)25-37(27,34)35;/h9,13-14,29H,6-8,10-12H2,1-5H3,(H,25,30)(H,31,32);1H3/t14-;/m1./s1. The van der Waals surface area contributed by atoms with Gasteiger partial charge in [-0.25, -0.2) is 23.0 Å². The molecule has 13 nitrogen and oxygen atoms in total. The van der Waals surface area contributed by atoms with Crippen molar-refractivity contribution >= 4 is 39.7 Å². The second kappa shape index (κ2) is 11.2. The Morgan fingerprint density at radius 1 is 1.29 bits per heavy atom. The minimum absolute atomic E-state index is 0. The summed E-state index contributed by atoms with van der Waals surface area (Å²) in [5.41, 5.74) is -1.86. The first-order valence-electron chi connectivity index (χ1n) is 12.0. The van der Waals surface area contributed by atoms with E-state index in [-0.39, 0.29) is 36.3 Å². The van der Waals surface area contributed by atoms with Crippen molar-refractivity contribution in [3.8, 4) is 5.75 Å². The van der Waals surface area contributed by atoms with Crippen LogP contribution in [0.4, 0.5) is 25.4 Å². The Morgan fingerprint density at radius 3 is 2.37 bits per heavy atom. The molecule has 1 aromatic carbocycles. The fourth-order valence-electron chi connectivity index (χ4n) is 4.54. The summed E-state index contributed by atoms with van der Waals surface area (Å²) in [6.45, 7) is 8.51. The Balaban J connectivity index is 0.00000507. The molecule has 0 spiro atoms. The van der Waals surface area contributed by atoms with Crippen LogP contribution in [0, 0.1) is 11.7 Å². The van der Waals surface area contributed by atoms with Gasteiger partial charge in [0.1, 0.15) is 23.6 Å². The number of fused-ring (bicyclic) bond motifs is 1. The van der Waals surface area contributed by atoms with Gasteiger partial charge in [-0.15, -0.1) is 0 Å². The molecule has 0 unspecified atom stereocenters. The van der Waals surface area contributed by atoms with E-state index in [0.29, 0.717) is 10.8 Å². The number of phenolic OH excluding ortho intramolecular Hbond substituents is 1. The van der Waals surface area contributed by atoms with Crippen LogP contribution in [-0.4, -0.2) is 72.9 Å². The lowest BCUT2D eigenvalue weighted by molar-refractivity contribution is -0.117. The summed E-state index contributed by atoms with van der Waals surface area (Å²) in [6.07, 6.45) is -0.735. The number of benzene rings is 1. The van der Waals surface area contributed by atoms with Crippen molar-refractivity contribution in [1.29, 1.82) is 0 Å². The molecule has 38 heavy (non-hydrogen) atoms. The van der Waals surface area contributed by atoms with Crippen LogP contribution in [0.25, 0.3) is 0 Å². The molecular weight excluding hydrogens is 525 g/mol. The fraction of sp³-hybridized carbons (Fsp3) is 0.609. The number of phenols is 1. The number of rotatable bonds is 7. The number of nitrogens with zero attached hydrogens (tertiary/aromatic N) is 3. The first kappa shape index (κ1) is 30.9. The maximum Gasteiger partial charge on any atom is 0.412 e. The van der Waals surface area contributed by atoms with Gasteiger partial charge in [0, 0.05) is 31.1 Å². The predicted octanol–water partition coefficient (Wildman–Crippen LogP) is 2.96. The van der Waals surface area contributed by atoms with Crippen LogP contribution in [0.3, 0.4) is 0 Å². The van der Waals surface area contributed by atoms with Gasteiger partial charge in [0.25, 0.3) is 5.91 Å². The van der Waals surface area contributed by atoms with Gasteiger partial charge in [0.05, 0.1) is 11.7 Å². The molecule has 0 radical (unpaired) electrons. The smallest absolute Gasteiger partial charge is 0.412 e. The Labute approximate surface area is 221 Å². The van der Waals surface area contributed by atoms with Gasteiger partial charge in [-0.2, -0.15) is 8.42 Å². The fourth-order valence-corrected chi connectivity index (χ4v) is 5.70. The van der Waals surface area contributed by atoms with E-state index in [4.69, 9.17) is 4.74 Å². The SMILES string of the molecule is CCC(CC)CN(C[C@H]1Cc2c(cc(O)c(N3CC(=O)NS3(=O)=O)c2F)N1C(=O)O)C(=O)OC(C)(C)C.N. The highest BCUT2D eigenvalue weighted by molar-refractivity contribution is 7.92. The van der Waals surface area contributed by atoms with Crippen molar-refractivity contribution in [2.24, 2.45) is 5.92 Å². The molecule has 3 amide bonds. The second-order valence-electron chi connectivity index (χ2n) is 10.2. The number of nitrogens with one attached hydrogen (secondary N) is 1. The van der Waals surface area contributed by atoms with E-state index in [1.54, 1.807) is 25.5 Å². The summed E-state index contributed by atoms with van der Waals surface area (Å²) in [5, 5.41) is 20.5. The summed E-state index contributed by atoms with van der Waals surface area (Å²) >= 11 is 0. The van der Waals surface area contributed by atoms with Gasteiger partial charge in [-0.1, -0.05) is 26.7 Å². The third-order valence-electron chi connectivity index (χ3n) is 6.35. The molecule has 2 heterocycles. The molecule has 15 heteroatoms. The Bertz CT molecular complexity index is 1200. The molecule has 1 fully saturated rings. The summed E-state index contributed by atoms with van der Waals surface area (Å²) in [4.78, 5) is 39.2. The number of ether oxygens (including phenoxy) is 1. The van der Waals surface area contributed by atoms with Crippen molar-refractivity contribution in [2.75, 3.05) is 28.8 Å². The third kappa shape index (κ3) is 6.20. The lowest BCUT2D eigenvalue weighted by Gasteiger charge is -2.33. The number of carbonyl (C=O) groups is 3. The molecule has 6 N–H and O–H groups in total. The van der Waals surface area contributed by atoms with Gasteiger partial charge in [0.15, 0.2) is 5.82 Å². The highest BCUT2D eigenvalue weighted by Crippen LogP contribution is 2.44. The topological polar surface area (TPSA) is 192 Å². The number of aromatic hydroxyl groups is 1. The molecule has 0 aliphatic carbocycles. The van der Waals surface area contributed by atoms with Gasteiger partial charge < -0.3 is 26.0 Å². The molecule has 0 aromatic heterocycles. The number of hydrogen-bond donors (Lipinski definition) is 4. The van der Waals surface area contributed by atoms with Crippen molar-refractivity contribution in [3.05, 3.63) is 17.4 Å². The molecule has 3 rings (SSSR count). The van der Waals surface area contributed by atoms with Crippen molar-refractivity contribution in [3.63, 3.8) is 0 Å². The zero-order valence-electron chi connectivity index (χ0n) is 22.2. The van der Waals surface area contributed by atoms with Gasteiger partial charge in [-0.3, -0.25) is 9.69 Å². The molecule has 1 atom stereocenters. The number of carboxylic acid groups (broad SMARTS) is 1. The number of amides is 3. The normalized spacial score (nSPS) is 18.2. The number of hydrogen-bond acceptors (Lipinski definition) is 8. The Morgan fingerprint density at radius 2 is 1.89 bits per heavy atom. The van der Waals surface area contributed by atoms with Crippen LogP contribution in [0.15, 0.2) is 6.07 Å². The maximum atomic E-state index is 15.7.